The van der Waals surface area contributed by atoms with Gasteiger partial charge in [-0.05, 0) is 50.6 Å². The fourth-order valence-electron chi connectivity index (χ4n) is 4.20. The molecule has 2 aromatic heterocycles. The Kier molecular flexibility index (Phi) is 5.37. The first-order valence-corrected chi connectivity index (χ1v) is 11.5. The van der Waals surface area contributed by atoms with Gasteiger partial charge in [-0.3, -0.25) is 14.5 Å². The van der Waals surface area contributed by atoms with Gasteiger partial charge in [0.1, 0.15) is 5.69 Å². The van der Waals surface area contributed by atoms with Crippen LogP contribution in [0.5, 0.6) is 0 Å². The molecule has 0 unspecified atom stereocenters. The summed E-state index contributed by atoms with van der Waals surface area (Å²) in [6.07, 6.45) is 3.41. The van der Waals surface area contributed by atoms with Crippen LogP contribution in [0.3, 0.4) is 0 Å². The monoisotopic (exact) mass is 455 g/mol. The van der Waals surface area contributed by atoms with Crippen molar-refractivity contribution >= 4 is 51.4 Å². The molecule has 1 aromatic carbocycles. The molecule has 31 heavy (non-hydrogen) atoms. The summed E-state index contributed by atoms with van der Waals surface area (Å²) in [5, 5.41) is 5.00. The van der Waals surface area contributed by atoms with E-state index in [-0.39, 0.29) is 17.9 Å². The number of amides is 2. The molecule has 5 rings (SSSR count). The molecule has 0 spiro atoms. The molecule has 2 amide bonds. The molecule has 3 heterocycles. The third-order valence-electron chi connectivity index (χ3n) is 5.75. The molecule has 1 aliphatic carbocycles. The Hall–Kier alpha value is -2.55. The van der Waals surface area contributed by atoms with E-state index in [1.165, 1.54) is 11.3 Å². The quantitative estimate of drug-likeness (QED) is 0.620. The molecule has 9 heteroatoms. The summed E-state index contributed by atoms with van der Waals surface area (Å²) in [7, 11) is 2.03. The first kappa shape index (κ1) is 20.4. The maximum atomic E-state index is 12.9. The van der Waals surface area contributed by atoms with E-state index in [0.29, 0.717) is 22.1 Å². The fourth-order valence-corrected chi connectivity index (χ4v) is 5.42. The summed E-state index contributed by atoms with van der Waals surface area (Å²) < 4.78 is 0. The van der Waals surface area contributed by atoms with Gasteiger partial charge in [0.15, 0.2) is 5.01 Å². The van der Waals surface area contributed by atoms with Gasteiger partial charge in [-0.2, -0.15) is 0 Å². The van der Waals surface area contributed by atoms with E-state index in [9.17, 15) is 9.59 Å². The van der Waals surface area contributed by atoms with Gasteiger partial charge in [0.25, 0.3) is 5.91 Å². The summed E-state index contributed by atoms with van der Waals surface area (Å²) in [6.45, 7) is 1.59. The summed E-state index contributed by atoms with van der Waals surface area (Å²) in [4.78, 5) is 40.9. The predicted octanol–water partition coefficient (Wildman–Crippen LogP) is 4.18. The van der Waals surface area contributed by atoms with Crippen LogP contribution in [0.25, 0.3) is 10.9 Å². The highest BCUT2D eigenvalue weighted by molar-refractivity contribution is 7.13. The molecule has 3 aromatic rings. The highest BCUT2D eigenvalue weighted by Crippen LogP contribution is 2.28. The number of rotatable bonds is 3. The van der Waals surface area contributed by atoms with Crippen LogP contribution in [0.15, 0.2) is 29.3 Å². The lowest BCUT2D eigenvalue weighted by atomic mass is 9.93. The van der Waals surface area contributed by atoms with Crippen molar-refractivity contribution in [2.45, 2.75) is 44.8 Å². The van der Waals surface area contributed by atoms with Crippen LogP contribution in [0.1, 0.15) is 56.5 Å². The average Bonchev–Trinajstić information content (AvgIpc) is 3.41. The Balaban J connectivity index is 1.33. The molecule has 2 aliphatic rings. The second-order valence-corrected chi connectivity index (χ2v) is 9.68. The molecule has 1 atom stereocenters. The minimum absolute atomic E-state index is 0.212. The molecule has 1 saturated carbocycles. The average molecular weight is 456 g/mol. The number of hydrogen-bond acceptors (Lipinski definition) is 5. The number of aromatic nitrogens is 2. The largest absolute Gasteiger partial charge is 0.351 e. The van der Waals surface area contributed by atoms with Crippen molar-refractivity contribution in [2.24, 2.45) is 4.99 Å². The molecule has 0 saturated heterocycles. The Labute approximate surface area is 188 Å². The molecular formula is C22H22ClN5O2S. The molecule has 0 bridgehead atoms. The lowest BCUT2D eigenvalue weighted by Gasteiger charge is -2.24. The van der Waals surface area contributed by atoms with Crippen LogP contribution in [-0.4, -0.2) is 45.5 Å². The zero-order chi connectivity index (χ0) is 21.5. The van der Waals surface area contributed by atoms with E-state index >= 15 is 0 Å². The minimum Gasteiger partial charge on any atom is -0.351 e. The van der Waals surface area contributed by atoms with Gasteiger partial charge < -0.3 is 10.3 Å². The van der Waals surface area contributed by atoms with E-state index in [1.807, 2.05) is 19.2 Å². The van der Waals surface area contributed by atoms with Gasteiger partial charge in [0, 0.05) is 39.6 Å². The number of thiazole rings is 1. The number of carbonyl (C=O) groups is 2. The first-order valence-electron chi connectivity index (χ1n) is 10.3. The van der Waals surface area contributed by atoms with Crippen molar-refractivity contribution in [3.05, 3.63) is 50.6 Å². The van der Waals surface area contributed by atoms with Gasteiger partial charge >= 0.3 is 5.91 Å². The van der Waals surface area contributed by atoms with Crippen molar-refractivity contribution in [3.63, 3.8) is 0 Å². The van der Waals surface area contributed by atoms with Crippen LogP contribution in [0, 0.1) is 0 Å². The molecule has 160 valence electrons. The lowest BCUT2D eigenvalue weighted by molar-refractivity contribution is 0.0935. The van der Waals surface area contributed by atoms with Crippen molar-refractivity contribution in [3.8, 4) is 0 Å². The normalized spacial score (nSPS) is 20.3. The predicted molar refractivity (Wildman–Crippen MR) is 122 cm³/mol. The first-order chi connectivity index (χ1) is 15.0. The second-order valence-electron chi connectivity index (χ2n) is 8.16. The molecule has 1 aliphatic heterocycles. The summed E-state index contributed by atoms with van der Waals surface area (Å²) in [5.41, 5.74) is 3.03. The lowest BCUT2D eigenvalue weighted by Crippen LogP contribution is -2.43. The topological polar surface area (TPSA) is 90.4 Å². The van der Waals surface area contributed by atoms with Gasteiger partial charge in [-0.25, -0.2) is 9.98 Å². The fraction of sp³-hybridized carbons (Fsp3) is 0.364. The number of hydrogen-bond donors (Lipinski definition) is 2. The third kappa shape index (κ3) is 4.15. The van der Waals surface area contributed by atoms with Crippen molar-refractivity contribution in [1.29, 1.82) is 0 Å². The maximum absolute atomic E-state index is 12.9. The Morgan fingerprint density at radius 1 is 1.29 bits per heavy atom. The van der Waals surface area contributed by atoms with Gasteiger partial charge in [-0.15, -0.1) is 11.3 Å². The number of fused-ring (bicyclic) bond motifs is 2. The molecule has 1 fully saturated rings. The zero-order valence-corrected chi connectivity index (χ0v) is 18.6. The standard InChI is InChI=1S/C22H22ClN5O2S/c1-28-10-18-19(11-28)31-22(27-18)21(30)26-16-5-3-2-4-15(16)25-20(29)17-9-12-8-13(23)6-7-14(12)24-17/h6-9,15,24H,2-5,10-11H2,1H3,(H,25,29)/t15-/m0/s1. The van der Waals surface area contributed by atoms with Gasteiger partial charge in [-0.1, -0.05) is 18.0 Å². The highest BCUT2D eigenvalue weighted by atomic mass is 35.5. The van der Waals surface area contributed by atoms with Gasteiger partial charge in [0.05, 0.1) is 11.7 Å². The number of aliphatic imine (C=N–C) groups is 1. The number of carbonyl (C=O) groups excluding carboxylic acids is 2. The molecule has 2 N–H and O–H groups in total. The summed E-state index contributed by atoms with van der Waals surface area (Å²) in [6, 6.07) is 6.99. The number of aromatic amines is 1. The Morgan fingerprint density at radius 2 is 2.16 bits per heavy atom. The smallest absolute Gasteiger partial charge is 0.305 e. The number of benzene rings is 1. The zero-order valence-electron chi connectivity index (χ0n) is 17.1. The van der Waals surface area contributed by atoms with E-state index in [2.05, 4.69) is 25.2 Å². The van der Waals surface area contributed by atoms with Crippen LogP contribution < -0.4 is 5.32 Å². The van der Waals surface area contributed by atoms with Crippen LogP contribution in [0.4, 0.5) is 0 Å². The van der Waals surface area contributed by atoms with E-state index < -0.39 is 0 Å². The van der Waals surface area contributed by atoms with Crippen LogP contribution in [0.2, 0.25) is 5.02 Å². The molecule has 0 radical (unpaired) electrons. The Morgan fingerprint density at radius 3 is 3.00 bits per heavy atom. The maximum Gasteiger partial charge on any atom is 0.305 e. The van der Waals surface area contributed by atoms with Gasteiger partial charge in [0.2, 0.25) is 0 Å². The molecular weight excluding hydrogens is 434 g/mol. The summed E-state index contributed by atoms with van der Waals surface area (Å²) >= 11 is 7.47. The second kappa shape index (κ2) is 8.18. The van der Waals surface area contributed by atoms with Crippen LogP contribution in [-0.2, 0) is 13.1 Å². The Bertz CT molecular complexity index is 1190. The number of nitrogens with zero attached hydrogens (tertiary/aromatic N) is 3. The number of nitrogens with one attached hydrogen (secondary N) is 2. The summed E-state index contributed by atoms with van der Waals surface area (Å²) in [5.74, 6) is -0.519. The van der Waals surface area contributed by atoms with E-state index in [1.54, 1.807) is 12.1 Å². The third-order valence-corrected chi connectivity index (χ3v) is 7.06. The van der Waals surface area contributed by atoms with E-state index in [4.69, 9.17) is 11.6 Å². The van der Waals surface area contributed by atoms with Crippen molar-refractivity contribution in [1.82, 2.24) is 20.2 Å². The number of halogens is 1. The van der Waals surface area contributed by atoms with Crippen molar-refractivity contribution in [2.75, 3.05) is 7.05 Å². The number of H-pyrrole nitrogens is 1. The highest BCUT2D eigenvalue weighted by Gasteiger charge is 2.27. The molecule has 7 nitrogen and oxygen atoms in total. The van der Waals surface area contributed by atoms with E-state index in [0.717, 1.165) is 59.5 Å². The van der Waals surface area contributed by atoms with Crippen LogP contribution >= 0.6 is 22.9 Å². The SMILES string of the molecule is CN1Cc2nc(C(=O)N=C3CCCC[C@@H]3NC(=O)c3cc4cc(Cl)ccc4[nH]3)sc2C1. The van der Waals surface area contributed by atoms with Crippen molar-refractivity contribution < 1.29 is 9.59 Å². The minimum atomic E-state index is -0.307.